The van der Waals surface area contributed by atoms with Gasteiger partial charge in [0.2, 0.25) is 0 Å². The van der Waals surface area contributed by atoms with Gasteiger partial charge in [0, 0.05) is 49.3 Å². The van der Waals surface area contributed by atoms with Crippen molar-refractivity contribution in [1.82, 2.24) is 4.90 Å². The van der Waals surface area contributed by atoms with Gasteiger partial charge in [-0.3, -0.25) is 0 Å². The molecule has 0 saturated carbocycles. The normalized spacial score (nSPS) is 15.6. The number of amides is 1. The number of nitrogen functional groups attached to an aromatic ring is 1. The van der Waals surface area contributed by atoms with E-state index in [1.54, 1.807) is 4.90 Å². The molecule has 22 heavy (non-hydrogen) atoms. The molecule has 1 aromatic carbocycles. The second-order valence-corrected chi connectivity index (χ2v) is 6.41. The van der Waals surface area contributed by atoms with Gasteiger partial charge >= 0.3 is 6.09 Å². The van der Waals surface area contributed by atoms with Crippen LogP contribution in [0.2, 0.25) is 0 Å². The number of anilines is 2. The third kappa shape index (κ3) is 3.90. The van der Waals surface area contributed by atoms with Crippen LogP contribution >= 0.6 is 0 Å². The highest BCUT2D eigenvalue weighted by Crippen LogP contribution is 2.22. The van der Waals surface area contributed by atoms with Crippen LogP contribution in [-0.2, 0) is 4.74 Å². The molecule has 1 saturated heterocycles. The van der Waals surface area contributed by atoms with E-state index in [1.807, 2.05) is 39.0 Å². The molecule has 1 amide bonds. The van der Waals surface area contributed by atoms with Crippen molar-refractivity contribution in [1.29, 1.82) is 5.41 Å². The van der Waals surface area contributed by atoms with Gasteiger partial charge in [-0.05, 0) is 39.0 Å². The lowest BCUT2D eigenvalue weighted by Gasteiger charge is -2.36. The molecular formula is C16H24N4O2. The Balaban J connectivity index is 1.96. The minimum atomic E-state index is -0.467. The lowest BCUT2D eigenvalue weighted by atomic mass is 10.1. The van der Waals surface area contributed by atoms with Gasteiger partial charge in [-0.1, -0.05) is 0 Å². The van der Waals surface area contributed by atoms with Gasteiger partial charge in [-0.15, -0.1) is 0 Å². The Morgan fingerprint density at radius 1 is 1.27 bits per heavy atom. The number of nitrogens with one attached hydrogen (secondary N) is 1. The van der Waals surface area contributed by atoms with Crippen molar-refractivity contribution in [3.05, 3.63) is 23.8 Å². The quantitative estimate of drug-likeness (QED) is 0.649. The highest BCUT2D eigenvalue weighted by molar-refractivity contribution is 5.86. The Labute approximate surface area is 131 Å². The van der Waals surface area contributed by atoms with Crippen LogP contribution in [0.4, 0.5) is 16.2 Å². The van der Waals surface area contributed by atoms with E-state index in [0.717, 1.165) is 24.3 Å². The fourth-order valence-corrected chi connectivity index (χ4v) is 2.36. The first-order valence-corrected chi connectivity index (χ1v) is 7.43. The monoisotopic (exact) mass is 304 g/mol. The predicted molar refractivity (Wildman–Crippen MR) is 88.8 cm³/mol. The zero-order chi connectivity index (χ0) is 16.3. The molecule has 1 aromatic rings. The average molecular weight is 304 g/mol. The van der Waals surface area contributed by atoms with Crippen molar-refractivity contribution in [3.63, 3.8) is 0 Å². The minimum Gasteiger partial charge on any atom is -0.444 e. The third-order valence-electron chi connectivity index (χ3n) is 3.52. The highest BCUT2D eigenvalue weighted by atomic mass is 16.6. The zero-order valence-electron chi connectivity index (χ0n) is 13.4. The summed E-state index contributed by atoms with van der Waals surface area (Å²) in [6.45, 7) is 8.34. The highest BCUT2D eigenvalue weighted by Gasteiger charge is 2.26. The van der Waals surface area contributed by atoms with Gasteiger partial charge in [0.1, 0.15) is 5.60 Å². The molecule has 1 heterocycles. The number of ether oxygens (including phenoxy) is 1. The van der Waals surface area contributed by atoms with Crippen LogP contribution in [0.25, 0.3) is 0 Å². The number of benzene rings is 1. The van der Waals surface area contributed by atoms with E-state index in [4.69, 9.17) is 15.9 Å². The molecule has 0 unspecified atom stereocenters. The maximum atomic E-state index is 12.0. The molecule has 2 rings (SSSR count). The smallest absolute Gasteiger partial charge is 0.410 e. The second kappa shape index (κ2) is 6.25. The van der Waals surface area contributed by atoms with Gasteiger partial charge in [-0.25, -0.2) is 4.79 Å². The molecule has 0 radical (unpaired) electrons. The van der Waals surface area contributed by atoms with E-state index in [2.05, 4.69) is 4.90 Å². The van der Waals surface area contributed by atoms with E-state index in [9.17, 15) is 4.79 Å². The molecule has 1 aliphatic rings. The largest absolute Gasteiger partial charge is 0.444 e. The van der Waals surface area contributed by atoms with Crippen molar-refractivity contribution in [2.24, 2.45) is 0 Å². The van der Waals surface area contributed by atoms with Crippen LogP contribution in [0.1, 0.15) is 26.3 Å². The molecule has 1 aliphatic heterocycles. The van der Waals surface area contributed by atoms with Crippen molar-refractivity contribution in [3.8, 4) is 0 Å². The lowest BCUT2D eigenvalue weighted by molar-refractivity contribution is 0.0240. The standard InChI is InChI=1S/C16H24N4O2/c1-16(2,3)22-15(21)20-8-6-19(7-9-20)13-5-4-12(11-17)14(18)10-13/h4-5,10-11,17H,6-9,18H2,1-3H3. The maximum Gasteiger partial charge on any atom is 0.410 e. The Morgan fingerprint density at radius 3 is 2.41 bits per heavy atom. The third-order valence-corrected chi connectivity index (χ3v) is 3.52. The minimum absolute atomic E-state index is 0.259. The number of nitrogens with zero attached hydrogens (tertiary/aromatic N) is 2. The number of piperazine rings is 1. The molecule has 1 fully saturated rings. The van der Waals surface area contributed by atoms with E-state index in [-0.39, 0.29) is 6.09 Å². The molecule has 3 N–H and O–H groups in total. The zero-order valence-corrected chi connectivity index (χ0v) is 13.4. The van der Waals surface area contributed by atoms with E-state index >= 15 is 0 Å². The first-order chi connectivity index (χ1) is 10.3. The Bertz CT molecular complexity index is 558. The summed E-state index contributed by atoms with van der Waals surface area (Å²) in [5, 5.41) is 7.27. The average Bonchev–Trinajstić information content (AvgIpc) is 2.45. The summed E-state index contributed by atoms with van der Waals surface area (Å²) >= 11 is 0. The van der Waals surface area contributed by atoms with Gasteiger partial charge in [-0.2, -0.15) is 0 Å². The SMILES string of the molecule is CC(C)(C)OC(=O)N1CCN(c2ccc(C=N)c(N)c2)CC1. The molecule has 0 spiro atoms. The molecule has 0 aromatic heterocycles. The molecule has 0 atom stereocenters. The summed E-state index contributed by atoms with van der Waals surface area (Å²) in [4.78, 5) is 16.0. The maximum absolute atomic E-state index is 12.0. The first-order valence-electron chi connectivity index (χ1n) is 7.43. The van der Waals surface area contributed by atoms with Crippen molar-refractivity contribution in [2.75, 3.05) is 36.8 Å². The summed E-state index contributed by atoms with van der Waals surface area (Å²) in [6, 6.07) is 5.68. The van der Waals surface area contributed by atoms with Crippen molar-refractivity contribution < 1.29 is 9.53 Å². The summed E-state index contributed by atoms with van der Waals surface area (Å²) in [6.07, 6.45) is 0.991. The number of hydrogen-bond acceptors (Lipinski definition) is 5. The van der Waals surface area contributed by atoms with Gasteiger partial charge < -0.3 is 25.7 Å². The molecule has 6 nitrogen and oxygen atoms in total. The van der Waals surface area contributed by atoms with Crippen LogP contribution in [0, 0.1) is 5.41 Å². The van der Waals surface area contributed by atoms with Crippen molar-refractivity contribution in [2.45, 2.75) is 26.4 Å². The Hall–Kier alpha value is -2.24. The van der Waals surface area contributed by atoms with Gasteiger partial charge in [0.15, 0.2) is 0 Å². The van der Waals surface area contributed by atoms with Crippen LogP contribution in [0.3, 0.4) is 0 Å². The number of hydrogen-bond donors (Lipinski definition) is 2. The number of carbonyl (C=O) groups excluding carboxylic acids is 1. The predicted octanol–water partition coefficient (Wildman–Crippen LogP) is 2.32. The van der Waals surface area contributed by atoms with Crippen molar-refractivity contribution >= 4 is 23.7 Å². The number of rotatable bonds is 2. The lowest BCUT2D eigenvalue weighted by Crippen LogP contribution is -2.50. The Morgan fingerprint density at radius 2 is 1.91 bits per heavy atom. The van der Waals surface area contributed by atoms with Crippen LogP contribution in [0.15, 0.2) is 18.2 Å². The summed E-state index contributed by atoms with van der Waals surface area (Å²) in [5.74, 6) is 0. The summed E-state index contributed by atoms with van der Waals surface area (Å²) in [7, 11) is 0. The summed E-state index contributed by atoms with van der Waals surface area (Å²) < 4.78 is 5.39. The van der Waals surface area contributed by atoms with E-state index in [0.29, 0.717) is 18.8 Å². The molecule has 0 aliphatic carbocycles. The number of nitrogens with two attached hydrogens (primary N) is 1. The van der Waals surface area contributed by atoms with Crippen LogP contribution < -0.4 is 10.6 Å². The van der Waals surface area contributed by atoms with Crippen LogP contribution in [0.5, 0.6) is 0 Å². The topological polar surface area (TPSA) is 82.7 Å². The molecular weight excluding hydrogens is 280 g/mol. The van der Waals surface area contributed by atoms with Gasteiger partial charge in [0.05, 0.1) is 0 Å². The molecule has 6 heteroatoms. The van der Waals surface area contributed by atoms with Gasteiger partial charge in [0.25, 0.3) is 0 Å². The van der Waals surface area contributed by atoms with E-state index < -0.39 is 5.60 Å². The fraction of sp³-hybridized carbons (Fsp3) is 0.500. The second-order valence-electron chi connectivity index (χ2n) is 6.41. The molecule has 120 valence electrons. The summed E-state index contributed by atoms with van der Waals surface area (Å²) in [5.41, 5.74) is 7.79. The molecule has 0 bridgehead atoms. The first kappa shape index (κ1) is 16.1. The van der Waals surface area contributed by atoms with Crippen LogP contribution in [-0.4, -0.2) is 49.0 Å². The van der Waals surface area contributed by atoms with E-state index in [1.165, 1.54) is 6.21 Å². The number of carbonyl (C=O) groups is 1. The Kier molecular flexibility index (Phi) is 4.59. The fourth-order valence-electron chi connectivity index (χ4n) is 2.36.